The van der Waals surface area contributed by atoms with Gasteiger partial charge < -0.3 is 10.5 Å². The minimum absolute atomic E-state index is 0.0439. The molecule has 0 saturated carbocycles. The summed E-state index contributed by atoms with van der Waals surface area (Å²) in [7, 11) is 1.33. The van der Waals surface area contributed by atoms with Crippen LogP contribution in [0.2, 0.25) is 0 Å². The van der Waals surface area contributed by atoms with Crippen LogP contribution in [0.25, 0.3) is 17.3 Å². The lowest BCUT2D eigenvalue weighted by atomic mass is 10.1. The third-order valence-electron chi connectivity index (χ3n) is 4.12. The SMILES string of the molecule is COc1ccc(C=C(C#N)c2nn(-c3ccccc3)c(N)c2C#N)cc1[N+](=O)[O-]. The molecule has 1 heterocycles. The van der Waals surface area contributed by atoms with E-state index in [0.717, 1.165) is 0 Å². The van der Waals surface area contributed by atoms with Crippen LogP contribution in [0.15, 0.2) is 48.5 Å². The molecule has 9 heteroatoms. The van der Waals surface area contributed by atoms with Crippen LogP contribution in [0.3, 0.4) is 0 Å². The maximum Gasteiger partial charge on any atom is 0.311 e. The number of hydrogen-bond acceptors (Lipinski definition) is 7. The quantitative estimate of drug-likeness (QED) is 0.402. The van der Waals surface area contributed by atoms with Gasteiger partial charge in [-0.05, 0) is 29.8 Å². The third kappa shape index (κ3) is 3.61. The van der Waals surface area contributed by atoms with E-state index in [1.807, 2.05) is 18.2 Å². The zero-order valence-corrected chi connectivity index (χ0v) is 15.2. The van der Waals surface area contributed by atoms with Crippen molar-refractivity contribution in [2.24, 2.45) is 0 Å². The van der Waals surface area contributed by atoms with Crippen LogP contribution >= 0.6 is 0 Å². The zero-order chi connectivity index (χ0) is 21.0. The molecule has 29 heavy (non-hydrogen) atoms. The molecule has 0 bridgehead atoms. The highest BCUT2D eigenvalue weighted by molar-refractivity contribution is 5.91. The molecule has 0 aliphatic heterocycles. The largest absolute Gasteiger partial charge is 0.490 e. The maximum absolute atomic E-state index is 11.2. The summed E-state index contributed by atoms with van der Waals surface area (Å²) in [6.07, 6.45) is 1.41. The standard InChI is InChI=1S/C20H14N6O3/c1-29-18-8-7-13(10-17(18)26(27)28)9-14(11-21)19-16(12-22)20(23)25(24-19)15-5-3-2-4-6-15/h2-10H,23H2,1H3. The van der Waals surface area contributed by atoms with Gasteiger partial charge in [-0.2, -0.15) is 15.6 Å². The highest BCUT2D eigenvalue weighted by atomic mass is 16.6. The molecule has 9 nitrogen and oxygen atoms in total. The Hall–Kier alpha value is -4.63. The van der Waals surface area contributed by atoms with Gasteiger partial charge in [0, 0.05) is 6.07 Å². The number of aromatic nitrogens is 2. The van der Waals surface area contributed by atoms with Crippen LogP contribution in [-0.4, -0.2) is 21.8 Å². The van der Waals surface area contributed by atoms with Crippen molar-refractivity contribution in [3.8, 4) is 23.6 Å². The average Bonchev–Trinajstić information content (AvgIpc) is 3.08. The number of allylic oxidation sites excluding steroid dienone is 1. The molecule has 1 aromatic heterocycles. The average molecular weight is 386 g/mol. The van der Waals surface area contributed by atoms with E-state index in [1.165, 1.54) is 30.0 Å². The maximum atomic E-state index is 11.2. The lowest BCUT2D eigenvalue weighted by Gasteiger charge is -2.03. The van der Waals surface area contributed by atoms with Crippen molar-refractivity contribution >= 4 is 23.2 Å². The van der Waals surface area contributed by atoms with Gasteiger partial charge in [-0.3, -0.25) is 10.1 Å². The van der Waals surface area contributed by atoms with Gasteiger partial charge in [-0.15, -0.1) is 0 Å². The molecule has 142 valence electrons. The molecule has 0 aliphatic carbocycles. The van der Waals surface area contributed by atoms with Crippen LogP contribution < -0.4 is 10.5 Å². The molecule has 2 N–H and O–H groups in total. The van der Waals surface area contributed by atoms with Crippen LogP contribution in [0.1, 0.15) is 16.8 Å². The number of benzene rings is 2. The summed E-state index contributed by atoms with van der Waals surface area (Å²) in [4.78, 5) is 10.6. The molecule has 3 aromatic rings. The number of para-hydroxylation sites is 1. The molecule has 0 amide bonds. The van der Waals surface area contributed by atoms with E-state index in [4.69, 9.17) is 10.5 Å². The number of nitriles is 2. The number of nitro groups is 1. The van der Waals surface area contributed by atoms with E-state index in [9.17, 15) is 20.6 Å². The number of nitrogens with zero attached hydrogens (tertiary/aromatic N) is 5. The van der Waals surface area contributed by atoms with Crippen molar-refractivity contribution in [1.29, 1.82) is 10.5 Å². The Morgan fingerprint density at radius 3 is 2.59 bits per heavy atom. The normalized spacial score (nSPS) is 10.8. The number of nitrogens with two attached hydrogens (primary N) is 1. The first kappa shape index (κ1) is 19.1. The Kier molecular flexibility index (Phi) is 5.24. The van der Waals surface area contributed by atoms with E-state index in [0.29, 0.717) is 11.3 Å². The van der Waals surface area contributed by atoms with Gasteiger partial charge >= 0.3 is 5.69 Å². The predicted molar refractivity (Wildman–Crippen MR) is 106 cm³/mol. The molecule has 0 saturated heterocycles. The van der Waals surface area contributed by atoms with Crippen molar-refractivity contribution in [2.75, 3.05) is 12.8 Å². The molecule has 0 radical (unpaired) electrons. The summed E-state index contributed by atoms with van der Waals surface area (Å²) in [5.41, 5.74) is 7.02. The fourth-order valence-corrected chi connectivity index (χ4v) is 2.76. The van der Waals surface area contributed by atoms with Crippen molar-refractivity contribution in [1.82, 2.24) is 9.78 Å². The number of hydrogen-bond donors (Lipinski definition) is 1. The molecule has 0 fully saturated rings. The fraction of sp³-hybridized carbons (Fsp3) is 0.0500. The molecular weight excluding hydrogens is 372 g/mol. The smallest absolute Gasteiger partial charge is 0.311 e. The Labute approximate surface area is 165 Å². The second-order valence-electron chi connectivity index (χ2n) is 5.83. The topological polar surface area (TPSA) is 144 Å². The minimum atomic E-state index is -0.578. The second-order valence-corrected chi connectivity index (χ2v) is 5.83. The van der Waals surface area contributed by atoms with Crippen molar-refractivity contribution in [3.05, 3.63) is 75.5 Å². The van der Waals surface area contributed by atoms with Gasteiger partial charge in [0.15, 0.2) is 5.75 Å². The number of nitro benzene ring substituents is 1. The van der Waals surface area contributed by atoms with Crippen molar-refractivity contribution < 1.29 is 9.66 Å². The van der Waals surface area contributed by atoms with Crippen molar-refractivity contribution in [3.63, 3.8) is 0 Å². The number of nitrogen functional groups attached to an aromatic ring is 1. The van der Waals surface area contributed by atoms with Gasteiger partial charge in [0.25, 0.3) is 0 Å². The van der Waals surface area contributed by atoms with E-state index in [-0.39, 0.29) is 34.1 Å². The number of anilines is 1. The Morgan fingerprint density at radius 1 is 1.28 bits per heavy atom. The summed E-state index contributed by atoms with van der Waals surface area (Å²) >= 11 is 0. The predicted octanol–water partition coefficient (Wildman–Crippen LogP) is 3.31. The second kappa shape index (κ2) is 7.94. The van der Waals surface area contributed by atoms with Gasteiger partial charge in [-0.1, -0.05) is 24.3 Å². The molecule has 0 unspecified atom stereocenters. The lowest BCUT2D eigenvalue weighted by molar-refractivity contribution is -0.385. The summed E-state index contributed by atoms with van der Waals surface area (Å²) in [5, 5.41) is 34.7. The van der Waals surface area contributed by atoms with Crippen LogP contribution in [0.4, 0.5) is 11.5 Å². The van der Waals surface area contributed by atoms with Crippen LogP contribution in [0, 0.1) is 32.8 Å². The Morgan fingerprint density at radius 2 is 2.00 bits per heavy atom. The van der Waals surface area contributed by atoms with Gasteiger partial charge in [-0.25, -0.2) is 4.68 Å². The summed E-state index contributed by atoms with van der Waals surface area (Å²) < 4.78 is 6.35. The van der Waals surface area contributed by atoms with E-state index >= 15 is 0 Å². The highest BCUT2D eigenvalue weighted by Crippen LogP contribution is 2.31. The minimum Gasteiger partial charge on any atom is -0.490 e. The first-order valence-corrected chi connectivity index (χ1v) is 8.28. The van der Waals surface area contributed by atoms with Gasteiger partial charge in [0.05, 0.1) is 23.3 Å². The monoisotopic (exact) mass is 386 g/mol. The van der Waals surface area contributed by atoms with E-state index in [2.05, 4.69) is 5.10 Å². The van der Waals surface area contributed by atoms with E-state index < -0.39 is 4.92 Å². The summed E-state index contributed by atoms with van der Waals surface area (Å²) in [6.45, 7) is 0. The van der Waals surface area contributed by atoms with Crippen LogP contribution in [0.5, 0.6) is 5.75 Å². The highest BCUT2D eigenvalue weighted by Gasteiger charge is 2.21. The van der Waals surface area contributed by atoms with Gasteiger partial charge in [0.1, 0.15) is 29.2 Å². The fourth-order valence-electron chi connectivity index (χ4n) is 2.76. The molecule has 3 rings (SSSR count). The Bertz CT molecular complexity index is 1200. The molecular formula is C20H14N6O3. The number of methoxy groups -OCH3 is 1. The van der Waals surface area contributed by atoms with Gasteiger partial charge in [0.2, 0.25) is 0 Å². The molecule has 0 atom stereocenters. The Balaban J connectivity index is 2.15. The first-order valence-electron chi connectivity index (χ1n) is 8.28. The molecule has 2 aromatic carbocycles. The summed E-state index contributed by atoms with van der Waals surface area (Å²) in [5.74, 6) is 0.191. The van der Waals surface area contributed by atoms with Crippen LogP contribution in [-0.2, 0) is 0 Å². The molecule has 0 spiro atoms. The number of ether oxygens (including phenoxy) is 1. The number of rotatable bonds is 5. The third-order valence-corrected chi connectivity index (χ3v) is 4.12. The zero-order valence-electron chi connectivity index (χ0n) is 15.2. The molecule has 0 aliphatic rings. The lowest BCUT2D eigenvalue weighted by Crippen LogP contribution is -2.02. The van der Waals surface area contributed by atoms with Crippen molar-refractivity contribution in [2.45, 2.75) is 0 Å². The van der Waals surface area contributed by atoms with E-state index in [1.54, 1.807) is 30.3 Å². The summed E-state index contributed by atoms with van der Waals surface area (Å²) in [6, 6.07) is 17.2. The first-order chi connectivity index (χ1) is 14.0.